The summed E-state index contributed by atoms with van der Waals surface area (Å²) >= 11 is 0. The number of amides is 1. The van der Waals surface area contributed by atoms with Crippen LogP contribution in [0.1, 0.15) is 155 Å². The molecule has 1 amide bonds. The fraction of sp³-hybridized carbons (Fsp3) is 0.786. The molecule has 7 unspecified atom stereocenters. The van der Waals surface area contributed by atoms with E-state index in [2.05, 4.69) is 55.6 Å². The molecule has 1 saturated heterocycles. The van der Waals surface area contributed by atoms with Crippen LogP contribution in [0.15, 0.2) is 48.6 Å². The second kappa shape index (κ2) is 32.8. The maximum absolute atomic E-state index is 12.8. The van der Waals surface area contributed by atoms with Crippen molar-refractivity contribution in [1.82, 2.24) is 5.32 Å². The fourth-order valence-electron chi connectivity index (χ4n) is 6.04. The van der Waals surface area contributed by atoms with Gasteiger partial charge in [0.15, 0.2) is 6.29 Å². The number of allylic oxidation sites excluding steroid dienone is 7. The van der Waals surface area contributed by atoms with Gasteiger partial charge < -0.3 is 40.3 Å². The minimum atomic E-state index is -1.57. The van der Waals surface area contributed by atoms with E-state index in [-0.39, 0.29) is 12.5 Å². The molecular weight excluding hydrogens is 646 g/mol. The van der Waals surface area contributed by atoms with Gasteiger partial charge in [-0.2, -0.15) is 0 Å². The first kappa shape index (κ1) is 47.2. The summed E-state index contributed by atoms with van der Waals surface area (Å²) in [6.45, 7) is 3.66. The lowest BCUT2D eigenvalue weighted by molar-refractivity contribution is -0.302. The summed E-state index contributed by atoms with van der Waals surface area (Å²) in [5.41, 5.74) is 0. The molecule has 7 atom stereocenters. The standard InChI is InChI=1S/C42H75NO8/c1-3-5-7-9-11-12-13-14-15-16-17-18-19-20-21-22-23-24-26-28-30-32-38(46)43-35(36(45)31-29-27-25-10-8-6-4-2)34-50-42-41(49)40(48)39(47)37(33-44)51-42/h13-14,16-17,19-20,29,31,35-37,39-42,44-45,47-49H,3-12,15,18,21-28,30,32-34H2,1-2H3,(H,43,46)/b14-13-,17-16-,20-19-,31-29+. The monoisotopic (exact) mass is 722 g/mol. The van der Waals surface area contributed by atoms with Crippen molar-refractivity contribution in [2.75, 3.05) is 13.2 Å². The summed E-state index contributed by atoms with van der Waals surface area (Å²) in [6, 6.07) is -0.809. The number of ether oxygens (including phenoxy) is 2. The molecule has 0 aromatic heterocycles. The number of carbonyl (C=O) groups excluding carboxylic acids is 1. The molecule has 0 saturated carbocycles. The van der Waals surface area contributed by atoms with Gasteiger partial charge in [-0.1, -0.05) is 140 Å². The van der Waals surface area contributed by atoms with Gasteiger partial charge in [0.05, 0.1) is 25.4 Å². The second-order valence-corrected chi connectivity index (χ2v) is 14.1. The van der Waals surface area contributed by atoms with Crippen LogP contribution in [0.4, 0.5) is 0 Å². The van der Waals surface area contributed by atoms with Gasteiger partial charge in [-0.25, -0.2) is 0 Å². The largest absolute Gasteiger partial charge is 0.394 e. The molecule has 0 aromatic carbocycles. The first-order valence-corrected chi connectivity index (χ1v) is 20.4. The third kappa shape index (κ3) is 24.2. The highest BCUT2D eigenvalue weighted by atomic mass is 16.7. The van der Waals surface area contributed by atoms with Crippen LogP contribution in [0.5, 0.6) is 0 Å². The first-order valence-electron chi connectivity index (χ1n) is 20.4. The Morgan fingerprint density at radius 1 is 0.667 bits per heavy atom. The number of aliphatic hydroxyl groups excluding tert-OH is 5. The lowest BCUT2D eigenvalue weighted by atomic mass is 9.99. The first-order chi connectivity index (χ1) is 24.8. The molecule has 0 bridgehead atoms. The second-order valence-electron chi connectivity index (χ2n) is 14.1. The van der Waals surface area contributed by atoms with Crippen molar-refractivity contribution in [2.45, 2.75) is 198 Å². The van der Waals surface area contributed by atoms with Crippen molar-refractivity contribution in [2.24, 2.45) is 0 Å². The maximum atomic E-state index is 12.8. The predicted molar refractivity (Wildman–Crippen MR) is 207 cm³/mol. The van der Waals surface area contributed by atoms with Gasteiger partial charge in [-0.05, 0) is 57.8 Å². The third-order valence-electron chi connectivity index (χ3n) is 9.40. The third-order valence-corrected chi connectivity index (χ3v) is 9.40. The number of carbonyl (C=O) groups is 1. The molecule has 9 nitrogen and oxygen atoms in total. The van der Waals surface area contributed by atoms with Gasteiger partial charge in [0.25, 0.3) is 0 Å². The number of aliphatic hydroxyl groups is 5. The van der Waals surface area contributed by atoms with Crippen molar-refractivity contribution in [3.05, 3.63) is 48.6 Å². The Hall–Kier alpha value is -1.85. The van der Waals surface area contributed by atoms with Crippen LogP contribution in [0.3, 0.4) is 0 Å². The summed E-state index contributed by atoms with van der Waals surface area (Å²) in [6.07, 6.45) is 33.2. The normalized spacial score (nSPS) is 22.5. The highest BCUT2D eigenvalue weighted by Gasteiger charge is 2.44. The summed E-state index contributed by atoms with van der Waals surface area (Å²) in [5, 5.41) is 53.7. The average Bonchev–Trinajstić information content (AvgIpc) is 3.13. The van der Waals surface area contributed by atoms with E-state index in [1.807, 2.05) is 6.08 Å². The van der Waals surface area contributed by atoms with Gasteiger partial charge in [0, 0.05) is 6.42 Å². The van der Waals surface area contributed by atoms with Gasteiger partial charge in [-0.15, -0.1) is 0 Å². The van der Waals surface area contributed by atoms with E-state index in [0.29, 0.717) is 6.42 Å². The van der Waals surface area contributed by atoms with E-state index >= 15 is 0 Å². The quantitative estimate of drug-likeness (QED) is 0.0309. The SMILES string of the molecule is CCCCCCC/C=C\C/C=C\C/C=C\CCCCCCCCC(=O)NC(COC1OC(CO)C(O)C(O)C1O)C(O)/C=C/CCCCCCC. The van der Waals surface area contributed by atoms with E-state index < -0.39 is 49.5 Å². The van der Waals surface area contributed by atoms with Crippen LogP contribution in [0.25, 0.3) is 0 Å². The Morgan fingerprint density at radius 2 is 1.16 bits per heavy atom. The van der Waals surface area contributed by atoms with E-state index in [9.17, 15) is 30.3 Å². The Labute approximate surface area is 310 Å². The van der Waals surface area contributed by atoms with Gasteiger partial charge in [0.1, 0.15) is 24.4 Å². The smallest absolute Gasteiger partial charge is 0.220 e. The number of hydrogen-bond acceptors (Lipinski definition) is 8. The zero-order valence-corrected chi connectivity index (χ0v) is 32.1. The Bertz CT molecular complexity index is 936. The Morgan fingerprint density at radius 3 is 1.71 bits per heavy atom. The number of nitrogens with one attached hydrogen (secondary N) is 1. The summed E-state index contributed by atoms with van der Waals surface area (Å²) in [5.74, 6) is -0.197. The number of hydrogen-bond donors (Lipinski definition) is 6. The van der Waals surface area contributed by atoms with Crippen LogP contribution < -0.4 is 5.32 Å². The van der Waals surface area contributed by atoms with Gasteiger partial charge in [0.2, 0.25) is 5.91 Å². The van der Waals surface area contributed by atoms with E-state index in [4.69, 9.17) is 9.47 Å². The minimum Gasteiger partial charge on any atom is -0.394 e. The predicted octanol–water partition coefficient (Wildman–Crippen LogP) is 7.50. The molecular formula is C42H75NO8. The van der Waals surface area contributed by atoms with Crippen molar-refractivity contribution in [3.63, 3.8) is 0 Å². The van der Waals surface area contributed by atoms with Crippen LogP contribution in [0.2, 0.25) is 0 Å². The highest BCUT2D eigenvalue weighted by Crippen LogP contribution is 2.22. The van der Waals surface area contributed by atoms with Crippen LogP contribution in [-0.4, -0.2) is 87.5 Å². The zero-order valence-electron chi connectivity index (χ0n) is 32.1. The zero-order chi connectivity index (χ0) is 37.4. The molecule has 51 heavy (non-hydrogen) atoms. The molecule has 296 valence electrons. The Balaban J connectivity index is 2.32. The Kier molecular flexibility index (Phi) is 30.3. The highest BCUT2D eigenvalue weighted by molar-refractivity contribution is 5.76. The van der Waals surface area contributed by atoms with Crippen molar-refractivity contribution < 1.29 is 39.8 Å². The lowest BCUT2D eigenvalue weighted by Gasteiger charge is -2.40. The fourth-order valence-corrected chi connectivity index (χ4v) is 6.04. The molecule has 1 aliphatic heterocycles. The van der Waals surface area contributed by atoms with E-state index in [0.717, 1.165) is 64.2 Å². The minimum absolute atomic E-state index is 0.197. The van der Waals surface area contributed by atoms with Crippen LogP contribution in [0, 0.1) is 0 Å². The molecule has 6 N–H and O–H groups in total. The average molecular weight is 722 g/mol. The molecule has 0 aliphatic carbocycles. The molecule has 1 aliphatic rings. The lowest BCUT2D eigenvalue weighted by Crippen LogP contribution is -2.60. The maximum Gasteiger partial charge on any atom is 0.220 e. The number of unbranched alkanes of at least 4 members (excludes halogenated alkanes) is 16. The van der Waals surface area contributed by atoms with Crippen molar-refractivity contribution >= 4 is 5.91 Å². The molecule has 1 rings (SSSR count). The van der Waals surface area contributed by atoms with E-state index in [1.165, 1.54) is 70.6 Å². The summed E-state index contributed by atoms with van der Waals surface area (Å²) < 4.78 is 11.1. The molecule has 9 heteroatoms. The molecule has 1 fully saturated rings. The summed E-state index contributed by atoms with van der Waals surface area (Å²) in [7, 11) is 0. The number of rotatable bonds is 32. The molecule has 0 radical (unpaired) electrons. The molecule has 0 aromatic rings. The topological polar surface area (TPSA) is 149 Å². The van der Waals surface area contributed by atoms with E-state index in [1.54, 1.807) is 6.08 Å². The van der Waals surface area contributed by atoms with Gasteiger partial charge >= 0.3 is 0 Å². The van der Waals surface area contributed by atoms with Crippen LogP contribution in [-0.2, 0) is 14.3 Å². The van der Waals surface area contributed by atoms with Crippen LogP contribution >= 0.6 is 0 Å². The molecule has 0 spiro atoms. The van der Waals surface area contributed by atoms with Gasteiger partial charge in [-0.3, -0.25) is 4.79 Å². The van der Waals surface area contributed by atoms with Crippen molar-refractivity contribution in [3.8, 4) is 0 Å². The molecule has 1 heterocycles. The van der Waals surface area contributed by atoms with Crippen molar-refractivity contribution in [1.29, 1.82) is 0 Å². The summed E-state index contributed by atoms with van der Waals surface area (Å²) in [4.78, 5) is 12.8.